The molecule has 0 spiro atoms. The number of amides is 3. The van der Waals surface area contributed by atoms with Crippen molar-refractivity contribution in [3.63, 3.8) is 0 Å². The van der Waals surface area contributed by atoms with Gasteiger partial charge >= 0.3 is 6.03 Å². The van der Waals surface area contributed by atoms with Crippen LogP contribution >= 0.6 is 0 Å². The molecule has 3 amide bonds. The normalized spacial score (nSPS) is 17.0. The highest BCUT2D eigenvalue weighted by Gasteiger charge is 2.29. The summed E-state index contributed by atoms with van der Waals surface area (Å²) >= 11 is 0. The third kappa shape index (κ3) is 4.82. The molecule has 0 aromatic heterocycles. The number of carbonyl (C=O) groups excluding carboxylic acids is 2. The summed E-state index contributed by atoms with van der Waals surface area (Å²) in [5, 5.41) is 0. The highest BCUT2D eigenvalue weighted by Crippen LogP contribution is 2.18. The molecule has 2 aliphatic rings. The molecule has 0 atom stereocenters. The van der Waals surface area contributed by atoms with E-state index in [1.54, 1.807) is 40.1 Å². The van der Waals surface area contributed by atoms with E-state index in [-0.39, 0.29) is 16.8 Å². The first-order valence-corrected chi connectivity index (χ1v) is 11.9. The summed E-state index contributed by atoms with van der Waals surface area (Å²) in [6.07, 6.45) is 2.10. The molecule has 2 saturated heterocycles. The van der Waals surface area contributed by atoms with E-state index >= 15 is 0 Å². The number of para-hydroxylation sites is 1. The van der Waals surface area contributed by atoms with Gasteiger partial charge in [0.2, 0.25) is 0 Å². The molecular formula is C22H26N4O4S. The van der Waals surface area contributed by atoms with Gasteiger partial charge in [0.15, 0.2) is 0 Å². The molecule has 0 saturated carbocycles. The third-order valence-corrected chi connectivity index (χ3v) is 7.05. The monoisotopic (exact) mass is 442 g/mol. The number of anilines is 1. The number of benzene rings is 2. The van der Waals surface area contributed by atoms with Crippen molar-refractivity contribution in [2.45, 2.75) is 17.7 Å². The SMILES string of the molecule is O=C(c1ccc(S(=O)(=O)Nc2ccccc2)cc1)N1CCN(C(=O)N2CCCC2)CC1. The van der Waals surface area contributed by atoms with Crippen molar-refractivity contribution in [2.75, 3.05) is 44.0 Å². The van der Waals surface area contributed by atoms with Gasteiger partial charge in [0, 0.05) is 50.5 Å². The van der Waals surface area contributed by atoms with Crippen LogP contribution < -0.4 is 4.72 Å². The molecular weight excluding hydrogens is 416 g/mol. The highest BCUT2D eigenvalue weighted by atomic mass is 32.2. The minimum absolute atomic E-state index is 0.0603. The molecule has 0 aliphatic carbocycles. The van der Waals surface area contributed by atoms with Crippen molar-refractivity contribution >= 4 is 27.6 Å². The van der Waals surface area contributed by atoms with Crippen LogP contribution in [-0.2, 0) is 10.0 Å². The Morgan fingerprint density at radius 1 is 0.710 bits per heavy atom. The van der Waals surface area contributed by atoms with E-state index in [0.717, 1.165) is 25.9 Å². The molecule has 31 heavy (non-hydrogen) atoms. The van der Waals surface area contributed by atoms with Crippen LogP contribution in [0.15, 0.2) is 59.5 Å². The maximum Gasteiger partial charge on any atom is 0.320 e. The second kappa shape index (κ2) is 8.97. The van der Waals surface area contributed by atoms with Crippen molar-refractivity contribution in [2.24, 2.45) is 0 Å². The summed E-state index contributed by atoms with van der Waals surface area (Å²) in [4.78, 5) is 30.8. The molecule has 0 unspecified atom stereocenters. The van der Waals surface area contributed by atoms with Gasteiger partial charge in [-0.2, -0.15) is 0 Å². The standard InChI is InChI=1S/C22H26N4O4S/c27-21(24-14-16-26(17-15-24)22(28)25-12-4-5-13-25)18-8-10-20(11-9-18)31(29,30)23-19-6-2-1-3-7-19/h1-3,6-11,23H,4-5,12-17H2. The second-order valence-corrected chi connectivity index (χ2v) is 9.43. The zero-order chi connectivity index (χ0) is 21.8. The zero-order valence-electron chi connectivity index (χ0n) is 17.2. The quantitative estimate of drug-likeness (QED) is 0.788. The molecule has 2 aliphatic heterocycles. The fraction of sp³-hybridized carbons (Fsp3) is 0.364. The summed E-state index contributed by atoms with van der Waals surface area (Å²) in [6, 6.07) is 14.6. The van der Waals surface area contributed by atoms with Crippen molar-refractivity contribution in [3.8, 4) is 0 Å². The average molecular weight is 443 g/mol. The van der Waals surface area contributed by atoms with Crippen LogP contribution in [0, 0.1) is 0 Å². The Morgan fingerprint density at radius 3 is 1.87 bits per heavy atom. The number of nitrogens with zero attached hydrogens (tertiary/aromatic N) is 3. The predicted octanol–water partition coefficient (Wildman–Crippen LogP) is 2.46. The summed E-state index contributed by atoms with van der Waals surface area (Å²) in [5.41, 5.74) is 0.905. The Labute approximate surface area is 182 Å². The van der Waals surface area contributed by atoms with Gasteiger partial charge in [-0.25, -0.2) is 13.2 Å². The summed E-state index contributed by atoms with van der Waals surface area (Å²) in [5.74, 6) is -0.159. The third-order valence-electron chi connectivity index (χ3n) is 5.65. The van der Waals surface area contributed by atoms with Crippen LogP contribution in [0.3, 0.4) is 0 Å². The van der Waals surface area contributed by atoms with E-state index in [1.807, 2.05) is 4.90 Å². The lowest BCUT2D eigenvalue weighted by Crippen LogP contribution is -2.53. The Morgan fingerprint density at radius 2 is 1.26 bits per heavy atom. The highest BCUT2D eigenvalue weighted by molar-refractivity contribution is 7.92. The number of hydrogen-bond donors (Lipinski definition) is 1. The van der Waals surface area contributed by atoms with Gasteiger partial charge in [-0.1, -0.05) is 18.2 Å². The van der Waals surface area contributed by atoms with Gasteiger partial charge in [-0.3, -0.25) is 9.52 Å². The number of likely N-dealkylation sites (tertiary alicyclic amines) is 1. The Bertz CT molecular complexity index is 1030. The molecule has 2 aromatic rings. The fourth-order valence-corrected chi connectivity index (χ4v) is 4.95. The van der Waals surface area contributed by atoms with E-state index in [2.05, 4.69) is 4.72 Å². The van der Waals surface area contributed by atoms with Gasteiger partial charge in [0.25, 0.3) is 15.9 Å². The van der Waals surface area contributed by atoms with Gasteiger partial charge in [0.05, 0.1) is 4.90 Å². The van der Waals surface area contributed by atoms with Crippen molar-refractivity contribution in [3.05, 3.63) is 60.2 Å². The number of nitrogens with one attached hydrogen (secondary N) is 1. The Kier molecular flexibility index (Phi) is 6.13. The minimum Gasteiger partial charge on any atom is -0.335 e. The predicted molar refractivity (Wildman–Crippen MR) is 117 cm³/mol. The molecule has 9 heteroatoms. The molecule has 2 fully saturated rings. The lowest BCUT2D eigenvalue weighted by molar-refractivity contribution is 0.0645. The smallest absolute Gasteiger partial charge is 0.320 e. The van der Waals surface area contributed by atoms with Crippen molar-refractivity contribution in [1.29, 1.82) is 0 Å². The molecule has 164 valence electrons. The van der Waals surface area contributed by atoms with Crippen LogP contribution in [0.4, 0.5) is 10.5 Å². The molecule has 4 rings (SSSR count). The number of piperazine rings is 1. The molecule has 0 bridgehead atoms. The fourth-order valence-electron chi connectivity index (χ4n) is 3.89. The number of sulfonamides is 1. The number of urea groups is 1. The van der Waals surface area contributed by atoms with Crippen molar-refractivity contribution in [1.82, 2.24) is 14.7 Å². The Hall–Kier alpha value is -3.07. The first kappa shape index (κ1) is 21.2. The van der Waals surface area contributed by atoms with Crippen molar-refractivity contribution < 1.29 is 18.0 Å². The lowest BCUT2D eigenvalue weighted by Gasteiger charge is -2.36. The molecule has 8 nitrogen and oxygen atoms in total. The van der Waals surface area contributed by atoms with E-state index in [1.165, 1.54) is 24.3 Å². The van der Waals surface area contributed by atoms with E-state index < -0.39 is 10.0 Å². The van der Waals surface area contributed by atoms with Crippen LogP contribution in [-0.4, -0.2) is 74.3 Å². The maximum atomic E-state index is 12.8. The summed E-state index contributed by atoms with van der Waals surface area (Å²) in [6.45, 7) is 3.57. The molecule has 1 N–H and O–H groups in total. The first-order valence-electron chi connectivity index (χ1n) is 10.5. The van der Waals surface area contributed by atoms with E-state index in [9.17, 15) is 18.0 Å². The van der Waals surface area contributed by atoms with Gasteiger partial charge < -0.3 is 14.7 Å². The maximum absolute atomic E-state index is 12.8. The number of hydrogen-bond acceptors (Lipinski definition) is 4. The van der Waals surface area contributed by atoms with Crippen LogP contribution in [0.1, 0.15) is 23.2 Å². The first-order chi connectivity index (χ1) is 14.9. The largest absolute Gasteiger partial charge is 0.335 e. The summed E-state index contributed by atoms with van der Waals surface area (Å²) < 4.78 is 27.6. The van der Waals surface area contributed by atoms with Gasteiger partial charge in [-0.05, 0) is 49.2 Å². The van der Waals surface area contributed by atoms with E-state index in [0.29, 0.717) is 37.4 Å². The van der Waals surface area contributed by atoms with Crippen LogP contribution in [0.5, 0.6) is 0 Å². The molecule has 2 heterocycles. The second-order valence-electron chi connectivity index (χ2n) is 7.75. The number of carbonyl (C=O) groups is 2. The van der Waals surface area contributed by atoms with Crippen LogP contribution in [0.25, 0.3) is 0 Å². The number of rotatable bonds is 4. The van der Waals surface area contributed by atoms with Crippen LogP contribution in [0.2, 0.25) is 0 Å². The van der Waals surface area contributed by atoms with Gasteiger partial charge in [0.1, 0.15) is 0 Å². The Balaban J connectivity index is 1.36. The zero-order valence-corrected chi connectivity index (χ0v) is 18.1. The summed E-state index contributed by atoms with van der Waals surface area (Å²) in [7, 11) is -3.73. The lowest BCUT2D eigenvalue weighted by atomic mass is 10.2. The van der Waals surface area contributed by atoms with Gasteiger partial charge in [-0.15, -0.1) is 0 Å². The topological polar surface area (TPSA) is 90.0 Å². The molecule has 2 aromatic carbocycles. The van der Waals surface area contributed by atoms with E-state index in [4.69, 9.17) is 0 Å². The average Bonchev–Trinajstić information content (AvgIpc) is 3.34. The minimum atomic E-state index is -3.73. The molecule has 0 radical (unpaired) electrons.